The largest absolute Gasteiger partial charge is 0.327 e. The molecule has 0 amide bonds. The van der Waals surface area contributed by atoms with Gasteiger partial charge in [0.2, 0.25) is 0 Å². The Morgan fingerprint density at radius 2 is 1.85 bits per heavy atom. The fraction of sp³-hybridized carbons (Fsp3) is 0.667. The summed E-state index contributed by atoms with van der Waals surface area (Å²) >= 11 is 0. The van der Waals surface area contributed by atoms with Gasteiger partial charge in [0.1, 0.15) is 0 Å². The van der Waals surface area contributed by atoms with Crippen molar-refractivity contribution in [1.29, 1.82) is 0 Å². The van der Waals surface area contributed by atoms with E-state index < -0.39 is 0 Å². The molecule has 0 bridgehead atoms. The lowest BCUT2D eigenvalue weighted by Gasteiger charge is -2.36. The molecular weight excluding hydrogens is 244 g/mol. The molecule has 1 aromatic carbocycles. The SMILES string of the molecule is CCCC1CCC(N)C(CN2Cc3ccccc3C2)C1. The Kier molecular flexibility index (Phi) is 4.42. The van der Waals surface area contributed by atoms with Crippen LogP contribution in [0.1, 0.15) is 50.2 Å². The molecule has 1 heterocycles. The molecule has 1 aliphatic heterocycles. The zero-order valence-electron chi connectivity index (χ0n) is 12.7. The summed E-state index contributed by atoms with van der Waals surface area (Å²) in [5, 5.41) is 0. The van der Waals surface area contributed by atoms with Gasteiger partial charge in [-0.1, -0.05) is 44.0 Å². The number of rotatable bonds is 4. The average Bonchev–Trinajstić information content (AvgIpc) is 2.85. The van der Waals surface area contributed by atoms with Crippen molar-refractivity contribution in [3.05, 3.63) is 35.4 Å². The van der Waals surface area contributed by atoms with Crippen molar-refractivity contribution in [3.8, 4) is 0 Å². The van der Waals surface area contributed by atoms with Gasteiger partial charge in [-0.3, -0.25) is 4.90 Å². The summed E-state index contributed by atoms with van der Waals surface area (Å²) in [5.41, 5.74) is 9.43. The molecule has 2 N–H and O–H groups in total. The predicted molar refractivity (Wildman–Crippen MR) is 84.3 cm³/mol. The molecule has 0 spiro atoms. The monoisotopic (exact) mass is 272 g/mol. The van der Waals surface area contributed by atoms with Gasteiger partial charge in [-0.25, -0.2) is 0 Å². The Balaban J connectivity index is 1.58. The van der Waals surface area contributed by atoms with Gasteiger partial charge in [0.05, 0.1) is 0 Å². The van der Waals surface area contributed by atoms with Crippen LogP contribution < -0.4 is 5.73 Å². The molecular formula is C18H28N2. The van der Waals surface area contributed by atoms with E-state index in [-0.39, 0.29) is 0 Å². The van der Waals surface area contributed by atoms with E-state index in [9.17, 15) is 0 Å². The summed E-state index contributed by atoms with van der Waals surface area (Å²) in [7, 11) is 0. The maximum atomic E-state index is 6.39. The van der Waals surface area contributed by atoms with Crippen molar-refractivity contribution in [3.63, 3.8) is 0 Å². The average molecular weight is 272 g/mol. The van der Waals surface area contributed by atoms with Gasteiger partial charge in [-0.2, -0.15) is 0 Å². The Hall–Kier alpha value is -0.860. The quantitative estimate of drug-likeness (QED) is 0.908. The molecule has 2 nitrogen and oxygen atoms in total. The summed E-state index contributed by atoms with van der Waals surface area (Å²) in [6.45, 7) is 5.74. The number of hydrogen-bond acceptors (Lipinski definition) is 2. The first-order valence-corrected chi connectivity index (χ1v) is 8.31. The van der Waals surface area contributed by atoms with Gasteiger partial charge < -0.3 is 5.73 Å². The molecule has 0 radical (unpaired) electrons. The first-order valence-electron chi connectivity index (χ1n) is 8.31. The Morgan fingerprint density at radius 1 is 1.15 bits per heavy atom. The van der Waals surface area contributed by atoms with E-state index in [1.807, 2.05) is 0 Å². The van der Waals surface area contributed by atoms with E-state index in [2.05, 4.69) is 36.1 Å². The van der Waals surface area contributed by atoms with E-state index >= 15 is 0 Å². The second kappa shape index (κ2) is 6.28. The highest BCUT2D eigenvalue weighted by Gasteiger charge is 2.30. The van der Waals surface area contributed by atoms with E-state index in [1.165, 1.54) is 49.8 Å². The lowest BCUT2D eigenvalue weighted by molar-refractivity contribution is 0.151. The van der Waals surface area contributed by atoms with Crippen LogP contribution in [-0.4, -0.2) is 17.5 Å². The van der Waals surface area contributed by atoms with Crippen molar-refractivity contribution in [2.75, 3.05) is 6.54 Å². The third-order valence-corrected chi connectivity index (χ3v) is 5.25. The van der Waals surface area contributed by atoms with E-state index in [1.54, 1.807) is 0 Å². The maximum absolute atomic E-state index is 6.39. The minimum atomic E-state index is 0.423. The number of nitrogens with two attached hydrogens (primary N) is 1. The molecule has 2 aliphatic rings. The van der Waals surface area contributed by atoms with Crippen LogP contribution in [0, 0.1) is 11.8 Å². The first-order chi connectivity index (χ1) is 9.76. The Bertz CT molecular complexity index is 418. The summed E-state index contributed by atoms with van der Waals surface area (Å²) < 4.78 is 0. The van der Waals surface area contributed by atoms with Gasteiger partial charge in [-0.05, 0) is 42.2 Å². The highest BCUT2D eigenvalue weighted by Crippen LogP contribution is 2.33. The van der Waals surface area contributed by atoms with Crippen LogP contribution in [-0.2, 0) is 13.1 Å². The second-order valence-electron chi connectivity index (χ2n) is 6.83. The maximum Gasteiger partial charge on any atom is 0.0240 e. The van der Waals surface area contributed by atoms with Crippen LogP contribution in [0.5, 0.6) is 0 Å². The normalized spacial score (nSPS) is 30.4. The Morgan fingerprint density at radius 3 is 2.50 bits per heavy atom. The van der Waals surface area contributed by atoms with Crippen molar-refractivity contribution in [2.45, 2.75) is 58.2 Å². The highest BCUT2D eigenvalue weighted by molar-refractivity contribution is 5.30. The number of fused-ring (bicyclic) bond motifs is 1. The standard InChI is InChI=1S/C18H28N2/c1-2-5-14-8-9-18(19)17(10-14)13-20-11-15-6-3-4-7-16(15)12-20/h3-4,6-7,14,17-18H,2,5,8-13,19H2,1H3. The van der Waals surface area contributed by atoms with Crippen LogP contribution in [0.25, 0.3) is 0 Å². The van der Waals surface area contributed by atoms with Gasteiger partial charge in [-0.15, -0.1) is 0 Å². The van der Waals surface area contributed by atoms with E-state index in [0.717, 1.165) is 19.0 Å². The minimum Gasteiger partial charge on any atom is -0.327 e. The van der Waals surface area contributed by atoms with Gasteiger partial charge in [0.25, 0.3) is 0 Å². The van der Waals surface area contributed by atoms with Crippen molar-refractivity contribution >= 4 is 0 Å². The van der Waals surface area contributed by atoms with Crippen LogP contribution in [0.2, 0.25) is 0 Å². The molecule has 1 aromatic rings. The summed E-state index contributed by atoms with van der Waals surface area (Å²) in [6, 6.07) is 9.29. The van der Waals surface area contributed by atoms with Gasteiger partial charge in [0.15, 0.2) is 0 Å². The van der Waals surface area contributed by atoms with Crippen LogP contribution in [0.4, 0.5) is 0 Å². The molecule has 2 heteroatoms. The number of hydrogen-bond donors (Lipinski definition) is 1. The molecule has 3 atom stereocenters. The lowest BCUT2D eigenvalue weighted by Crippen LogP contribution is -2.42. The molecule has 110 valence electrons. The van der Waals surface area contributed by atoms with E-state index in [0.29, 0.717) is 12.0 Å². The third-order valence-electron chi connectivity index (χ3n) is 5.25. The van der Waals surface area contributed by atoms with Crippen LogP contribution in [0.15, 0.2) is 24.3 Å². The smallest absolute Gasteiger partial charge is 0.0240 e. The molecule has 3 rings (SSSR count). The van der Waals surface area contributed by atoms with Crippen molar-refractivity contribution in [1.82, 2.24) is 4.90 Å². The number of benzene rings is 1. The predicted octanol–water partition coefficient (Wildman–Crippen LogP) is 3.55. The number of nitrogens with zero attached hydrogens (tertiary/aromatic N) is 1. The zero-order valence-corrected chi connectivity index (χ0v) is 12.7. The molecule has 3 unspecified atom stereocenters. The first kappa shape index (κ1) is 14.1. The third kappa shape index (κ3) is 3.07. The van der Waals surface area contributed by atoms with Gasteiger partial charge in [0, 0.05) is 25.7 Å². The Labute approximate surface area is 123 Å². The summed E-state index contributed by atoms with van der Waals surface area (Å²) in [6.07, 6.45) is 6.65. The molecule has 1 aliphatic carbocycles. The molecule has 0 saturated heterocycles. The van der Waals surface area contributed by atoms with Gasteiger partial charge >= 0.3 is 0 Å². The fourth-order valence-electron chi connectivity index (χ4n) is 4.13. The van der Waals surface area contributed by atoms with Crippen molar-refractivity contribution in [2.24, 2.45) is 17.6 Å². The van der Waals surface area contributed by atoms with Crippen LogP contribution >= 0.6 is 0 Å². The topological polar surface area (TPSA) is 29.3 Å². The molecule has 0 aromatic heterocycles. The second-order valence-corrected chi connectivity index (χ2v) is 6.83. The van der Waals surface area contributed by atoms with E-state index in [4.69, 9.17) is 5.73 Å². The summed E-state index contributed by atoms with van der Waals surface area (Å²) in [5.74, 6) is 1.63. The summed E-state index contributed by atoms with van der Waals surface area (Å²) in [4.78, 5) is 2.60. The zero-order chi connectivity index (χ0) is 13.9. The molecule has 1 fully saturated rings. The fourth-order valence-corrected chi connectivity index (χ4v) is 4.13. The van der Waals surface area contributed by atoms with Crippen LogP contribution in [0.3, 0.4) is 0 Å². The minimum absolute atomic E-state index is 0.423. The highest BCUT2D eigenvalue weighted by atomic mass is 15.1. The molecule has 20 heavy (non-hydrogen) atoms. The van der Waals surface area contributed by atoms with Crippen molar-refractivity contribution < 1.29 is 0 Å². The lowest BCUT2D eigenvalue weighted by atomic mass is 9.76. The molecule has 1 saturated carbocycles.